The van der Waals surface area contributed by atoms with Crippen LogP contribution in [0.1, 0.15) is 26.7 Å². The van der Waals surface area contributed by atoms with Crippen molar-refractivity contribution in [3.05, 3.63) is 35.5 Å². The van der Waals surface area contributed by atoms with Crippen LogP contribution in [-0.4, -0.2) is 13.2 Å². The Morgan fingerprint density at radius 2 is 2.27 bits per heavy atom. The standard InChI is InChI=1S/C14H20O/c1-3-4-12-7-11(2)5-6-13-9-15-10-14(13)8-12/h5-8,11,13H,3-4,9-10H2,1-2H3/b6-5-,12-7-,14-8-/t11-,13-/m1/s1. The minimum atomic E-state index is 0.535. The zero-order chi connectivity index (χ0) is 10.7. The summed E-state index contributed by atoms with van der Waals surface area (Å²) in [4.78, 5) is 0. The molecule has 1 saturated heterocycles. The molecule has 1 aliphatic heterocycles. The van der Waals surface area contributed by atoms with Gasteiger partial charge in [-0.25, -0.2) is 0 Å². The molecule has 2 atom stereocenters. The Hall–Kier alpha value is -0.820. The summed E-state index contributed by atoms with van der Waals surface area (Å²) in [7, 11) is 0. The van der Waals surface area contributed by atoms with Crippen LogP contribution in [0.4, 0.5) is 0 Å². The van der Waals surface area contributed by atoms with Gasteiger partial charge >= 0.3 is 0 Å². The molecule has 15 heavy (non-hydrogen) atoms. The summed E-state index contributed by atoms with van der Waals surface area (Å²) in [5, 5.41) is 0. The van der Waals surface area contributed by atoms with Gasteiger partial charge < -0.3 is 4.74 Å². The molecule has 1 nitrogen and oxygen atoms in total. The molecule has 2 aliphatic rings. The summed E-state index contributed by atoms with van der Waals surface area (Å²) in [5.41, 5.74) is 2.94. The predicted molar refractivity (Wildman–Crippen MR) is 63.7 cm³/mol. The molecule has 1 heterocycles. The zero-order valence-corrected chi connectivity index (χ0v) is 9.70. The van der Waals surface area contributed by atoms with E-state index in [2.05, 4.69) is 38.2 Å². The summed E-state index contributed by atoms with van der Waals surface area (Å²) >= 11 is 0. The van der Waals surface area contributed by atoms with Gasteiger partial charge in [0.15, 0.2) is 0 Å². The maximum atomic E-state index is 5.52. The number of hydrogen-bond acceptors (Lipinski definition) is 1. The third kappa shape index (κ3) is 2.60. The van der Waals surface area contributed by atoms with E-state index in [0.717, 1.165) is 13.2 Å². The largest absolute Gasteiger partial charge is 0.376 e. The molecular weight excluding hydrogens is 184 g/mol. The molecule has 0 aromatic heterocycles. The van der Waals surface area contributed by atoms with Gasteiger partial charge in [0.2, 0.25) is 0 Å². The van der Waals surface area contributed by atoms with Crippen LogP contribution in [0, 0.1) is 11.8 Å². The quantitative estimate of drug-likeness (QED) is 0.626. The fourth-order valence-electron chi connectivity index (χ4n) is 2.28. The molecule has 0 aromatic rings. The van der Waals surface area contributed by atoms with Crippen LogP contribution in [0.15, 0.2) is 35.5 Å². The average Bonchev–Trinajstić information content (AvgIpc) is 2.60. The average molecular weight is 204 g/mol. The summed E-state index contributed by atoms with van der Waals surface area (Å²) in [6, 6.07) is 0. The lowest BCUT2D eigenvalue weighted by molar-refractivity contribution is 0.195. The van der Waals surface area contributed by atoms with Crippen molar-refractivity contribution in [1.82, 2.24) is 0 Å². The molecule has 0 unspecified atom stereocenters. The molecule has 82 valence electrons. The van der Waals surface area contributed by atoms with Crippen molar-refractivity contribution in [3.8, 4) is 0 Å². The van der Waals surface area contributed by atoms with Gasteiger partial charge in [0.05, 0.1) is 13.2 Å². The van der Waals surface area contributed by atoms with E-state index in [1.54, 1.807) is 0 Å². The molecule has 0 bridgehead atoms. The molecule has 0 spiro atoms. The maximum absolute atomic E-state index is 5.52. The van der Waals surface area contributed by atoms with E-state index in [1.165, 1.54) is 24.0 Å². The SMILES string of the molecule is CCCC1=C/[C@H](C)/C=C\[C@@H]2COC\C2=C\1. The van der Waals surface area contributed by atoms with Crippen LogP contribution in [0.3, 0.4) is 0 Å². The van der Waals surface area contributed by atoms with Crippen molar-refractivity contribution in [2.75, 3.05) is 13.2 Å². The lowest BCUT2D eigenvalue weighted by Gasteiger charge is -2.12. The number of hydrogen-bond donors (Lipinski definition) is 0. The Balaban J connectivity index is 2.25. The van der Waals surface area contributed by atoms with Crippen molar-refractivity contribution in [3.63, 3.8) is 0 Å². The van der Waals surface area contributed by atoms with Crippen molar-refractivity contribution in [2.45, 2.75) is 26.7 Å². The highest BCUT2D eigenvalue weighted by Crippen LogP contribution is 2.27. The fraction of sp³-hybridized carbons (Fsp3) is 0.571. The molecule has 1 heteroatoms. The van der Waals surface area contributed by atoms with E-state index in [-0.39, 0.29) is 0 Å². The first-order chi connectivity index (χ1) is 7.29. The van der Waals surface area contributed by atoms with Gasteiger partial charge in [-0.2, -0.15) is 0 Å². The van der Waals surface area contributed by atoms with Gasteiger partial charge in [0.1, 0.15) is 0 Å². The van der Waals surface area contributed by atoms with Crippen LogP contribution in [0.5, 0.6) is 0 Å². The smallest absolute Gasteiger partial charge is 0.0686 e. The normalized spacial score (nSPS) is 39.3. The number of rotatable bonds is 2. The highest BCUT2D eigenvalue weighted by molar-refractivity contribution is 5.32. The first-order valence-corrected chi connectivity index (χ1v) is 5.97. The minimum Gasteiger partial charge on any atom is -0.376 e. The summed E-state index contributed by atoms with van der Waals surface area (Å²) in [6.45, 7) is 6.18. The molecular formula is C14H20O. The van der Waals surface area contributed by atoms with Crippen molar-refractivity contribution < 1.29 is 4.74 Å². The first kappa shape index (κ1) is 10.7. The highest BCUT2D eigenvalue weighted by atomic mass is 16.5. The van der Waals surface area contributed by atoms with E-state index in [4.69, 9.17) is 4.74 Å². The Bertz CT molecular complexity index is 309. The molecule has 0 aromatic carbocycles. The van der Waals surface area contributed by atoms with E-state index < -0.39 is 0 Å². The van der Waals surface area contributed by atoms with E-state index in [1.807, 2.05) is 0 Å². The molecule has 1 aliphatic carbocycles. The van der Waals surface area contributed by atoms with Gasteiger partial charge in [0, 0.05) is 5.92 Å². The number of allylic oxidation sites excluding steroid dienone is 4. The summed E-state index contributed by atoms with van der Waals surface area (Å²) < 4.78 is 5.52. The molecule has 2 rings (SSSR count). The predicted octanol–water partition coefficient (Wildman–Crippen LogP) is 3.49. The maximum Gasteiger partial charge on any atom is 0.0686 e. The van der Waals surface area contributed by atoms with Gasteiger partial charge in [-0.15, -0.1) is 0 Å². The molecule has 1 fully saturated rings. The summed E-state index contributed by atoms with van der Waals surface area (Å²) in [5.74, 6) is 1.10. The Morgan fingerprint density at radius 1 is 1.40 bits per heavy atom. The van der Waals surface area contributed by atoms with Gasteiger partial charge in [-0.1, -0.05) is 50.1 Å². The second kappa shape index (κ2) is 4.80. The van der Waals surface area contributed by atoms with Crippen molar-refractivity contribution in [1.29, 1.82) is 0 Å². The molecule has 0 saturated carbocycles. The number of ether oxygens (including phenoxy) is 1. The minimum absolute atomic E-state index is 0.535. The van der Waals surface area contributed by atoms with E-state index in [0.29, 0.717) is 11.8 Å². The molecule has 0 N–H and O–H groups in total. The number of fused-ring (bicyclic) bond motifs is 1. The van der Waals surface area contributed by atoms with E-state index >= 15 is 0 Å². The monoisotopic (exact) mass is 204 g/mol. The first-order valence-electron chi connectivity index (χ1n) is 5.97. The van der Waals surface area contributed by atoms with Gasteiger partial charge in [-0.05, 0) is 17.9 Å². The molecule has 0 radical (unpaired) electrons. The second-order valence-electron chi connectivity index (χ2n) is 4.58. The molecule has 0 amide bonds. The second-order valence-corrected chi connectivity index (χ2v) is 4.58. The van der Waals surface area contributed by atoms with Crippen molar-refractivity contribution in [2.24, 2.45) is 11.8 Å². The van der Waals surface area contributed by atoms with Crippen LogP contribution in [0.2, 0.25) is 0 Å². The lowest BCUT2D eigenvalue weighted by Crippen LogP contribution is -2.02. The van der Waals surface area contributed by atoms with Crippen LogP contribution in [-0.2, 0) is 4.74 Å². The fourth-order valence-corrected chi connectivity index (χ4v) is 2.28. The lowest BCUT2D eigenvalue weighted by atomic mass is 9.92. The van der Waals surface area contributed by atoms with Crippen LogP contribution >= 0.6 is 0 Å². The Labute approximate surface area is 92.5 Å². The van der Waals surface area contributed by atoms with Crippen molar-refractivity contribution >= 4 is 0 Å². The Kier molecular flexibility index (Phi) is 3.42. The highest BCUT2D eigenvalue weighted by Gasteiger charge is 2.20. The van der Waals surface area contributed by atoms with Gasteiger partial charge in [0.25, 0.3) is 0 Å². The van der Waals surface area contributed by atoms with Crippen LogP contribution in [0.25, 0.3) is 0 Å². The van der Waals surface area contributed by atoms with Crippen LogP contribution < -0.4 is 0 Å². The summed E-state index contributed by atoms with van der Waals surface area (Å²) in [6.07, 6.45) is 11.8. The topological polar surface area (TPSA) is 9.23 Å². The van der Waals surface area contributed by atoms with E-state index in [9.17, 15) is 0 Å². The Morgan fingerprint density at radius 3 is 3.07 bits per heavy atom. The third-order valence-electron chi connectivity index (χ3n) is 3.08. The third-order valence-corrected chi connectivity index (χ3v) is 3.08. The van der Waals surface area contributed by atoms with Gasteiger partial charge in [-0.3, -0.25) is 0 Å². The zero-order valence-electron chi connectivity index (χ0n) is 9.70.